The second-order valence-corrected chi connectivity index (χ2v) is 12.5. The molecule has 9 nitrogen and oxygen atoms in total. The van der Waals surface area contributed by atoms with Crippen molar-refractivity contribution in [2.75, 3.05) is 11.9 Å². The fourth-order valence-electron chi connectivity index (χ4n) is 5.80. The van der Waals surface area contributed by atoms with Gasteiger partial charge in [-0.1, -0.05) is 26.0 Å². The normalized spacial score (nSPS) is 23.7. The predicted octanol–water partition coefficient (Wildman–Crippen LogP) is 4.19. The molecule has 2 aromatic heterocycles. The Bertz CT molecular complexity index is 1470. The Morgan fingerprint density at radius 2 is 2.03 bits per heavy atom. The van der Waals surface area contributed by atoms with Crippen LogP contribution in [0, 0.1) is 17.2 Å². The molecule has 3 heterocycles. The lowest BCUT2D eigenvalue weighted by Gasteiger charge is -2.45. The number of carbonyl (C=O) groups excluding carboxylic acids is 1. The Hall–Kier alpha value is -3.77. The van der Waals surface area contributed by atoms with E-state index in [0.29, 0.717) is 31.0 Å². The maximum atomic E-state index is 13.5. The third-order valence-corrected chi connectivity index (χ3v) is 8.70. The summed E-state index contributed by atoms with van der Waals surface area (Å²) in [5.41, 5.74) is 3.67. The van der Waals surface area contributed by atoms with Gasteiger partial charge in [0.25, 0.3) is 5.91 Å². The molecule has 2 aliphatic carbocycles. The van der Waals surface area contributed by atoms with Gasteiger partial charge in [-0.2, -0.15) is 5.26 Å². The minimum atomic E-state index is -0.266. The number of carbonyl (C=O) groups is 1. The number of amides is 1. The van der Waals surface area contributed by atoms with Gasteiger partial charge in [-0.05, 0) is 56.4 Å². The smallest absolute Gasteiger partial charge is 0.274 e. The van der Waals surface area contributed by atoms with Gasteiger partial charge in [0.2, 0.25) is 0 Å². The lowest BCUT2D eigenvalue weighted by molar-refractivity contribution is 0.102. The molecule has 2 saturated carbocycles. The van der Waals surface area contributed by atoms with E-state index in [0.717, 1.165) is 54.1 Å². The van der Waals surface area contributed by atoms with Crippen molar-refractivity contribution in [3.63, 3.8) is 0 Å². The molecule has 2 fully saturated rings. The van der Waals surface area contributed by atoms with Gasteiger partial charge in [-0.25, -0.2) is 4.98 Å². The van der Waals surface area contributed by atoms with E-state index in [1.165, 1.54) is 0 Å². The number of ether oxygens (including phenoxy) is 1. The average Bonchev–Trinajstić information content (AvgIpc) is 3.37. The van der Waals surface area contributed by atoms with Crippen LogP contribution >= 0.6 is 0 Å². The summed E-state index contributed by atoms with van der Waals surface area (Å²) < 4.78 is 7.98. The fourth-order valence-corrected chi connectivity index (χ4v) is 5.80. The Kier molecular flexibility index (Phi) is 5.99. The van der Waals surface area contributed by atoms with Crippen molar-refractivity contribution in [3.8, 4) is 11.8 Å². The summed E-state index contributed by atoms with van der Waals surface area (Å²) in [7, 11) is 1.94. The maximum absolute atomic E-state index is 13.5. The Morgan fingerprint density at radius 1 is 1.23 bits per heavy atom. The van der Waals surface area contributed by atoms with Crippen molar-refractivity contribution in [2.45, 2.75) is 75.8 Å². The first-order valence-corrected chi connectivity index (χ1v) is 13.7. The monoisotopic (exact) mass is 525 g/mol. The Morgan fingerprint density at radius 3 is 2.72 bits per heavy atom. The van der Waals surface area contributed by atoms with Crippen LogP contribution in [0.3, 0.4) is 0 Å². The van der Waals surface area contributed by atoms with E-state index in [-0.39, 0.29) is 28.2 Å². The lowest BCUT2D eigenvalue weighted by atomic mass is 9.57. The number of hydrogen-bond donors (Lipinski definition) is 2. The first-order valence-electron chi connectivity index (χ1n) is 13.7. The molecule has 202 valence electrons. The maximum Gasteiger partial charge on any atom is 0.274 e. The van der Waals surface area contributed by atoms with Crippen molar-refractivity contribution in [2.24, 2.45) is 13.0 Å². The second kappa shape index (κ2) is 9.16. The number of rotatable bonds is 8. The number of nitrogens with zero attached hydrogens (tertiary/aromatic N) is 5. The third-order valence-electron chi connectivity index (χ3n) is 8.70. The summed E-state index contributed by atoms with van der Waals surface area (Å²) in [5, 5.41) is 24.5. The number of benzene rings is 1. The second-order valence-electron chi connectivity index (χ2n) is 12.5. The van der Waals surface area contributed by atoms with Gasteiger partial charge in [0, 0.05) is 53.6 Å². The largest absolute Gasteiger partial charge is 0.490 e. The first-order chi connectivity index (χ1) is 18.6. The van der Waals surface area contributed by atoms with Crippen LogP contribution in [0.1, 0.15) is 79.6 Å². The lowest BCUT2D eigenvalue weighted by Crippen LogP contribution is -2.43. The highest BCUT2D eigenvalue weighted by molar-refractivity contribution is 6.03. The highest BCUT2D eigenvalue weighted by Gasteiger charge is 2.46. The molecule has 0 atom stereocenters. The number of fused-ring (bicyclic) bond motifs is 1. The molecular formula is C30H35N7O2. The van der Waals surface area contributed by atoms with Crippen LogP contribution in [0.2, 0.25) is 0 Å². The number of hydrogen-bond acceptors (Lipinski definition) is 7. The van der Waals surface area contributed by atoms with Crippen molar-refractivity contribution in [1.82, 2.24) is 25.1 Å². The highest BCUT2D eigenvalue weighted by atomic mass is 16.5. The average molecular weight is 526 g/mol. The van der Waals surface area contributed by atoms with Gasteiger partial charge in [0.1, 0.15) is 23.6 Å². The molecule has 6 rings (SSSR count). The van der Waals surface area contributed by atoms with Crippen molar-refractivity contribution in [3.05, 3.63) is 65.0 Å². The van der Waals surface area contributed by atoms with Crippen molar-refractivity contribution < 1.29 is 9.53 Å². The quantitative estimate of drug-likeness (QED) is 0.453. The zero-order valence-corrected chi connectivity index (χ0v) is 23.0. The van der Waals surface area contributed by atoms with Crippen LogP contribution in [0.15, 0.2) is 36.7 Å². The SMILES string of the molecule is Cn1cnnc1C[C@]1(c2cccc(NC(=O)c3cc(CNC4(C)CC4)c4c(n3)C(C)(C)CO4)c2)C[C@H](C#N)C1. The van der Waals surface area contributed by atoms with E-state index >= 15 is 0 Å². The summed E-state index contributed by atoms with van der Waals surface area (Å²) in [6.07, 6.45) is 6.21. The minimum absolute atomic E-state index is 0.0163. The van der Waals surface area contributed by atoms with Gasteiger partial charge >= 0.3 is 0 Å². The molecule has 1 aromatic carbocycles. The van der Waals surface area contributed by atoms with Gasteiger partial charge in [-0.15, -0.1) is 10.2 Å². The molecule has 9 heteroatoms. The zero-order valence-electron chi connectivity index (χ0n) is 23.0. The van der Waals surface area contributed by atoms with E-state index in [1.54, 1.807) is 6.33 Å². The van der Waals surface area contributed by atoms with Crippen LogP contribution < -0.4 is 15.4 Å². The van der Waals surface area contributed by atoms with Crippen LogP contribution in [0.5, 0.6) is 5.75 Å². The molecule has 3 aliphatic rings. The van der Waals surface area contributed by atoms with E-state index in [9.17, 15) is 10.1 Å². The number of aryl methyl sites for hydroxylation is 1. The van der Waals surface area contributed by atoms with E-state index in [4.69, 9.17) is 9.72 Å². The van der Waals surface area contributed by atoms with Gasteiger partial charge < -0.3 is 19.9 Å². The number of nitrogens with one attached hydrogen (secondary N) is 2. The molecule has 0 bridgehead atoms. The molecule has 0 unspecified atom stereocenters. The Balaban J connectivity index is 1.26. The summed E-state index contributed by atoms with van der Waals surface area (Å²) >= 11 is 0. The molecule has 39 heavy (non-hydrogen) atoms. The summed E-state index contributed by atoms with van der Waals surface area (Å²) in [4.78, 5) is 18.3. The fraction of sp³-hybridized carbons (Fsp3) is 0.500. The van der Waals surface area contributed by atoms with Gasteiger partial charge in [0.05, 0.1) is 18.4 Å². The first kappa shape index (κ1) is 25.5. The molecule has 1 amide bonds. The van der Waals surface area contributed by atoms with Crippen molar-refractivity contribution in [1.29, 1.82) is 5.26 Å². The summed E-state index contributed by atoms with van der Waals surface area (Å²) in [6.45, 7) is 7.60. The van der Waals surface area contributed by atoms with Crippen LogP contribution in [0.4, 0.5) is 5.69 Å². The molecule has 2 N–H and O–H groups in total. The van der Waals surface area contributed by atoms with E-state index in [2.05, 4.69) is 53.7 Å². The summed E-state index contributed by atoms with van der Waals surface area (Å²) in [5.74, 6) is 1.46. The highest BCUT2D eigenvalue weighted by Crippen LogP contribution is 2.50. The van der Waals surface area contributed by atoms with E-state index in [1.807, 2.05) is 35.9 Å². The predicted molar refractivity (Wildman–Crippen MR) is 146 cm³/mol. The number of aromatic nitrogens is 4. The number of nitriles is 1. The molecule has 3 aromatic rings. The molecule has 0 spiro atoms. The molecule has 0 radical (unpaired) electrons. The van der Waals surface area contributed by atoms with E-state index < -0.39 is 0 Å². The Labute approximate surface area is 229 Å². The third kappa shape index (κ3) is 4.78. The minimum Gasteiger partial charge on any atom is -0.490 e. The summed E-state index contributed by atoms with van der Waals surface area (Å²) in [6, 6.07) is 12.2. The van der Waals surface area contributed by atoms with Gasteiger partial charge in [-0.3, -0.25) is 4.79 Å². The zero-order chi connectivity index (χ0) is 27.4. The van der Waals surface area contributed by atoms with Gasteiger partial charge in [0.15, 0.2) is 0 Å². The molecule has 1 aliphatic heterocycles. The van der Waals surface area contributed by atoms with Crippen LogP contribution in [0.25, 0.3) is 0 Å². The van der Waals surface area contributed by atoms with Crippen LogP contribution in [-0.4, -0.2) is 37.8 Å². The standard InChI is InChI=1S/C30H35N7O2/c1-28(2)17-39-25-20(16-32-29(3)8-9-29)10-23(35-26(25)28)27(38)34-22-7-5-6-21(11-22)30(12-19(13-30)15-31)14-24-36-33-18-37(24)4/h5-7,10-11,18-19,32H,8-9,12-14,16-17H2,1-4H3,(H,34,38)/t19-,30-. The van der Waals surface area contributed by atoms with Crippen LogP contribution in [-0.2, 0) is 30.8 Å². The topological polar surface area (TPSA) is 118 Å². The van der Waals surface area contributed by atoms with Crippen molar-refractivity contribution >= 4 is 11.6 Å². The number of anilines is 1. The number of pyridine rings is 1. The molecular weight excluding hydrogens is 490 g/mol. The molecule has 0 saturated heterocycles.